The van der Waals surface area contributed by atoms with Crippen molar-refractivity contribution in [2.24, 2.45) is 5.41 Å². The maximum absolute atomic E-state index is 12.3. The van der Waals surface area contributed by atoms with E-state index in [1.807, 2.05) is 30.9 Å². The molecule has 3 heterocycles. The molecule has 1 amide bonds. The van der Waals surface area contributed by atoms with Gasteiger partial charge < -0.3 is 14.5 Å². The third-order valence-corrected chi connectivity index (χ3v) is 6.79. The molecule has 158 valence electrons. The van der Waals surface area contributed by atoms with Gasteiger partial charge in [0.15, 0.2) is 5.78 Å². The number of hydrogen-bond donors (Lipinski definition) is 0. The highest BCUT2D eigenvalue weighted by atomic mass is 16.6. The molecule has 4 rings (SSSR count). The fourth-order valence-electron chi connectivity index (χ4n) is 5.24. The van der Waals surface area contributed by atoms with E-state index < -0.39 is 0 Å². The first kappa shape index (κ1) is 20.1. The van der Waals surface area contributed by atoms with E-state index in [2.05, 4.69) is 14.8 Å². The van der Waals surface area contributed by atoms with E-state index in [0.29, 0.717) is 24.5 Å². The number of rotatable bonds is 5. The van der Waals surface area contributed by atoms with Crippen molar-refractivity contribution in [3.8, 4) is 0 Å². The van der Waals surface area contributed by atoms with Crippen LogP contribution in [0, 0.1) is 5.41 Å². The molecule has 0 radical (unpaired) electrons. The number of nitrogens with zero attached hydrogens (tertiary/aromatic N) is 4. The van der Waals surface area contributed by atoms with Crippen molar-refractivity contribution < 1.29 is 14.3 Å². The van der Waals surface area contributed by atoms with Gasteiger partial charge in [0.05, 0.1) is 12.2 Å². The minimum atomic E-state index is -0.164. The van der Waals surface area contributed by atoms with Gasteiger partial charge in [0.25, 0.3) is 0 Å². The fourth-order valence-corrected chi connectivity index (χ4v) is 5.24. The number of anilines is 1. The number of carbonyl (C=O) groups excluding carboxylic acids is 2. The summed E-state index contributed by atoms with van der Waals surface area (Å²) in [6, 6.07) is 4.34. The molecule has 2 aliphatic heterocycles. The topological polar surface area (TPSA) is 66.0 Å². The first-order chi connectivity index (χ1) is 14.0. The van der Waals surface area contributed by atoms with E-state index in [1.54, 1.807) is 6.20 Å². The lowest BCUT2D eigenvalue weighted by molar-refractivity contribution is -0.00294. The number of amides is 1. The van der Waals surface area contributed by atoms with Crippen LogP contribution >= 0.6 is 0 Å². The normalized spacial score (nSPS) is 23.9. The fraction of sp³-hybridized carbons (Fsp3) is 0.682. The van der Waals surface area contributed by atoms with Gasteiger partial charge in [-0.05, 0) is 38.3 Å². The van der Waals surface area contributed by atoms with E-state index in [0.717, 1.165) is 50.6 Å². The van der Waals surface area contributed by atoms with Crippen molar-refractivity contribution in [2.45, 2.75) is 45.6 Å². The second-order valence-electron chi connectivity index (χ2n) is 8.63. The second-order valence-corrected chi connectivity index (χ2v) is 8.63. The van der Waals surface area contributed by atoms with E-state index in [4.69, 9.17) is 4.74 Å². The van der Waals surface area contributed by atoms with Gasteiger partial charge in [0.2, 0.25) is 0 Å². The molecule has 1 saturated carbocycles. The number of Topliss-reactive ketones (excluding diaryl/α,β-unsaturated/α-hetero) is 1. The summed E-state index contributed by atoms with van der Waals surface area (Å²) in [5, 5.41) is 0. The van der Waals surface area contributed by atoms with Crippen LogP contribution in [0.25, 0.3) is 0 Å². The van der Waals surface area contributed by atoms with Crippen molar-refractivity contribution in [3.05, 3.63) is 23.9 Å². The Bertz CT molecular complexity index is 754. The molecule has 3 fully saturated rings. The van der Waals surface area contributed by atoms with Gasteiger partial charge in [-0.25, -0.2) is 9.78 Å². The zero-order valence-electron chi connectivity index (χ0n) is 17.6. The summed E-state index contributed by atoms with van der Waals surface area (Å²) in [5.41, 5.74) is 1.05. The van der Waals surface area contributed by atoms with Gasteiger partial charge in [-0.15, -0.1) is 0 Å². The smallest absolute Gasteiger partial charge is 0.409 e. The van der Waals surface area contributed by atoms with Crippen molar-refractivity contribution >= 4 is 17.7 Å². The lowest BCUT2D eigenvalue weighted by Crippen LogP contribution is -2.58. The molecule has 1 aromatic rings. The number of likely N-dealkylation sites (tertiary alicyclic amines) is 1. The van der Waals surface area contributed by atoms with Crippen molar-refractivity contribution in [3.63, 3.8) is 0 Å². The molecular weight excluding hydrogens is 368 g/mol. The van der Waals surface area contributed by atoms with Crippen molar-refractivity contribution in [1.82, 2.24) is 14.8 Å². The monoisotopic (exact) mass is 400 g/mol. The van der Waals surface area contributed by atoms with Crippen LogP contribution in [0.5, 0.6) is 0 Å². The molecule has 0 unspecified atom stereocenters. The molecule has 7 heteroatoms. The number of piperazine rings is 1. The Morgan fingerprint density at radius 2 is 1.97 bits per heavy atom. The van der Waals surface area contributed by atoms with Gasteiger partial charge in [0, 0.05) is 63.3 Å². The lowest BCUT2D eigenvalue weighted by Gasteiger charge is -2.48. The van der Waals surface area contributed by atoms with E-state index in [9.17, 15) is 9.59 Å². The molecule has 1 aliphatic carbocycles. The lowest BCUT2D eigenvalue weighted by atomic mass is 9.78. The van der Waals surface area contributed by atoms with Gasteiger partial charge in [0.1, 0.15) is 5.82 Å². The Labute approximate surface area is 173 Å². The maximum Gasteiger partial charge on any atom is 0.409 e. The summed E-state index contributed by atoms with van der Waals surface area (Å²) < 4.78 is 5.12. The molecule has 7 nitrogen and oxygen atoms in total. The quantitative estimate of drug-likeness (QED) is 0.708. The highest BCUT2D eigenvalue weighted by Crippen LogP contribution is 2.47. The predicted octanol–water partition coefficient (Wildman–Crippen LogP) is 2.81. The Balaban J connectivity index is 1.30. The highest BCUT2D eigenvalue weighted by molar-refractivity contribution is 6.00. The molecule has 1 atom stereocenters. The van der Waals surface area contributed by atoms with Crippen molar-refractivity contribution in [2.75, 3.05) is 50.8 Å². The van der Waals surface area contributed by atoms with Crippen LogP contribution in [0.15, 0.2) is 18.3 Å². The maximum atomic E-state index is 12.3. The van der Waals surface area contributed by atoms with Crippen LogP contribution in [-0.2, 0) is 4.74 Å². The number of carbonyl (C=O) groups is 2. The molecule has 2 saturated heterocycles. The van der Waals surface area contributed by atoms with Crippen LogP contribution < -0.4 is 4.90 Å². The number of ketones is 1. The van der Waals surface area contributed by atoms with Crippen molar-refractivity contribution in [1.29, 1.82) is 0 Å². The van der Waals surface area contributed by atoms with Crippen LogP contribution in [0.4, 0.5) is 10.6 Å². The Morgan fingerprint density at radius 1 is 1.21 bits per heavy atom. The number of hydrogen-bond acceptors (Lipinski definition) is 6. The van der Waals surface area contributed by atoms with Gasteiger partial charge in [-0.2, -0.15) is 0 Å². The Hall–Kier alpha value is -2.15. The molecule has 0 aromatic carbocycles. The van der Waals surface area contributed by atoms with Gasteiger partial charge in [-0.1, -0.05) is 6.92 Å². The summed E-state index contributed by atoms with van der Waals surface area (Å²) in [5.74, 6) is 0.996. The summed E-state index contributed by atoms with van der Waals surface area (Å²) in [4.78, 5) is 35.4. The first-order valence-corrected chi connectivity index (χ1v) is 10.9. The van der Waals surface area contributed by atoms with Crippen LogP contribution in [0.3, 0.4) is 0 Å². The molecule has 0 bridgehead atoms. The number of pyridine rings is 1. The standard InChI is InChI=1S/C22H32N4O3/c1-3-19(27)18-6-5-9-23-20(18)25-12-10-24(11-13-25)17-7-8-22(14-17)15-26(16-22)21(28)29-4-2/h5-6,9,17H,3-4,7-8,10-16H2,1-2H3/t17-/m1/s1. The minimum absolute atomic E-state index is 0.157. The first-order valence-electron chi connectivity index (χ1n) is 10.9. The third kappa shape index (κ3) is 3.97. The van der Waals surface area contributed by atoms with Gasteiger partial charge in [-0.3, -0.25) is 9.69 Å². The molecule has 29 heavy (non-hydrogen) atoms. The molecule has 1 spiro atoms. The second kappa shape index (κ2) is 8.30. The van der Waals surface area contributed by atoms with E-state index in [1.165, 1.54) is 19.3 Å². The number of aromatic nitrogens is 1. The van der Waals surface area contributed by atoms with E-state index >= 15 is 0 Å². The highest BCUT2D eigenvalue weighted by Gasteiger charge is 2.51. The zero-order chi connectivity index (χ0) is 20.4. The summed E-state index contributed by atoms with van der Waals surface area (Å²) in [7, 11) is 0. The molecule has 1 aromatic heterocycles. The number of ether oxygens (including phenoxy) is 1. The SMILES string of the molecule is CCOC(=O)N1CC2(CC[C@@H](N3CCN(c4ncccc4C(=O)CC)CC3)C2)C1. The minimum Gasteiger partial charge on any atom is -0.450 e. The zero-order valence-corrected chi connectivity index (χ0v) is 17.6. The summed E-state index contributed by atoms with van der Waals surface area (Å²) >= 11 is 0. The largest absolute Gasteiger partial charge is 0.450 e. The Kier molecular flexibility index (Phi) is 5.76. The molecule has 3 aliphatic rings. The summed E-state index contributed by atoms with van der Waals surface area (Å²) in [6.07, 6.45) is 5.70. The third-order valence-electron chi connectivity index (χ3n) is 6.79. The summed E-state index contributed by atoms with van der Waals surface area (Å²) in [6.45, 7) is 9.69. The predicted molar refractivity (Wildman–Crippen MR) is 111 cm³/mol. The molecular formula is C22H32N4O3. The average molecular weight is 401 g/mol. The molecule has 0 N–H and O–H groups in total. The van der Waals surface area contributed by atoms with Crippen LogP contribution in [0.1, 0.15) is 49.9 Å². The van der Waals surface area contributed by atoms with E-state index in [-0.39, 0.29) is 11.9 Å². The van der Waals surface area contributed by atoms with Gasteiger partial charge >= 0.3 is 6.09 Å². The van der Waals surface area contributed by atoms with Crippen LogP contribution in [0.2, 0.25) is 0 Å². The average Bonchev–Trinajstić information content (AvgIpc) is 3.18. The Morgan fingerprint density at radius 3 is 2.66 bits per heavy atom. The van der Waals surface area contributed by atoms with Crippen LogP contribution in [-0.4, -0.2) is 78.6 Å².